The summed E-state index contributed by atoms with van der Waals surface area (Å²) in [6, 6.07) is 4.08. The minimum absolute atomic E-state index is 0.0780. The summed E-state index contributed by atoms with van der Waals surface area (Å²) in [4.78, 5) is 31.1. The number of rotatable bonds is 20. The third kappa shape index (κ3) is 9.18. The first-order valence-corrected chi connectivity index (χ1v) is 15.7. The van der Waals surface area contributed by atoms with Gasteiger partial charge in [0.25, 0.3) is 0 Å². The molecule has 4 aromatic heterocycles. The van der Waals surface area contributed by atoms with Crippen LogP contribution in [0.1, 0.15) is 25.3 Å². The molecule has 46 heavy (non-hydrogen) atoms. The van der Waals surface area contributed by atoms with Crippen molar-refractivity contribution in [3.8, 4) is 11.3 Å². The van der Waals surface area contributed by atoms with Crippen LogP contribution >= 0.6 is 0 Å². The number of aromatic nitrogens is 6. The van der Waals surface area contributed by atoms with Gasteiger partial charge in [-0.25, -0.2) is 19.6 Å². The first kappa shape index (κ1) is 33.6. The van der Waals surface area contributed by atoms with Gasteiger partial charge in [0, 0.05) is 43.5 Å². The number of fused-ring (bicyclic) bond motifs is 2. The molecule has 0 spiro atoms. The van der Waals surface area contributed by atoms with Gasteiger partial charge in [0.2, 0.25) is 5.91 Å². The second-order valence-electron chi connectivity index (χ2n) is 10.8. The van der Waals surface area contributed by atoms with E-state index in [1.165, 1.54) is 6.33 Å². The fourth-order valence-electron chi connectivity index (χ4n) is 5.32. The molecule has 3 N–H and O–H groups in total. The number of nitrogen functional groups attached to an aromatic ring is 1. The summed E-state index contributed by atoms with van der Waals surface area (Å²) in [5.74, 6) is 0.462. The van der Waals surface area contributed by atoms with Gasteiger partial charge in [-0.05, 0) is 25.0 Å². The molecule has 5 heterocycles. The van der Waals surface area contributed by atoms with Gasteiger partial charge in [-0.1, -0.05) is 0 Å². The first-order chi connectivity index (χ1) is 22.7. The van der Waals surface area contributed by atoms with Crippen LogP contribution in [0.15, 0.2) is 30.9 Å². The average molecular weight is 641 g/mol. The van der Waals surface area contributed by atoms with E-state index >= 15 is 0 Å². The smallest absolute Gasteiger partial charge is 0.224 e. The van der Waals surface area contributed by atoms with Crippen molar-refractivity contribution in [2.75, 3.05) is 98.6 Å². The molecule has 0 saturated carbocycles. The summed E-state index contributed by atoms with van der Waals surface area (Å²) in [7, 11) is 1.64. The summed E-state index contributed by atoms with van der Waals surface area (Å²) in [5.41, 5.74) is 9.36. The van der Waals surface area contributed by atoms with Crippen molar-refractivity contribution in [2.45, 2.75) is 25.3 Å². The first-order valence-electron chi connectivity index (χ1n) is 15.7. The van der Waals surface area contributed by atoms with Crippen LogP contribution in [-0.4, -0.2) is 133 Å². The second kappa shape index (κ2) is 17.8. The monoisotopic (exact) mass is 640 g/mol. The molecular weight excluding hydrogens is 596 g/mol. The Bertz CT molecular complexity index is 1500. The van der Waals surface area contributed by atoms with E-state index in [9.17, 15) is 4.79 Å². The summed E-state index contributed by atoms with van der Waals surface area (Å²) < 4.78 is 34.2. The molecule has 15 nitrogen and oxygen atoms in total. The lowest BCUT2D eigenvalue weighted by Crippen LogP contribution is -2.39. The fraction of sp³-hybridized carbons (Fsp3) is 0.581. The van der Waals surface area contributed by atoms with Crippen molar-refractivity contribution < 1.29 is 33.2 Å². The minimum atomic E-state index is 0.0780. The molecule has 250 valence electrons. The predicted molar refractivity (Wildman–Crippen MR) is 170 cm³/mol. The quantitative estimate of drug-likeness (QED) is 0.135. The van der Waals surface area contributed by atoms with Gasteiger partial charge in [0.15, 0.2) is 5.65 Å². The van der Waals surface area contributed by atoms with Crippen LogP contribution in [0.3, 0.4) is 0 Å². The Kier molecular flexibility index (Phi) is 13.0. The highest BCUT2D eigenvalue weighted by Crippen LogP contribution is 2.34. The lowest BCUT2D eigenvalue weighted by atomic mass is 10.0. The highest BCUT2D eigenvalue weighted by molar-refractivity contribution is 5.99. The van der Waals surface area contributed by atoms with Crippen LogP contribution in [0, 0.1) is 0 Å². The molecule has 1 aliphatic heterocycles. The van der Waals surface area contributed by atoms with E-state index < -0.39 is 0 Å². The number of likely N-dealkylation sites (tertiary alicyclic amines) is 1. The zero-order valence-corrected chi connectivity index (χ0v) is 26.4. The summed E-state index contributed by atoms with van der Waals surface area (Å²) >= 11 is 0. The van der Waals surface area contributed by atoms with E-state index in [2.05, 4.69) is 19.9 Å². The molecule has 0 unspecified atom stereocenters. The number of H-pyrrole nitrogens is 1. The number of anilines is 1. The molecule has 0 aromatic carbocycles. The number of nitrogens with two attached hydrogens (primary N) is 1. The Balaban J connectivity index is 0.963. The van der Waals surface area contributed by atoms with Gasteiger partial charge in [-0.15, -0.1) is 0 Å². The number of pyridine rings is 1. The van der Waals surface area contributed by atoms with Gasteiger partial charge in [-0.3, -0.25) is 4.79 Å². The van der Waals surface area contributed by atoms with Gasteiger partial charge in [0.05, 0.1) is 90.5 Å². The van der Waals surface area contributed by atoms with Crippen LogP contribution in [-0.2, 0) is 33.2 Å². The summed E-state index contributed by atoms with van der Waals surface area (Å²) in [6.45, 7) is 6.69. The van der Waals surface area contributed by atoms with Crippen LogP contribution in [0.25, 0.3) is 33.3 Å². The van der Waals surface area contributed by atoms with E-state index in [0.29, 0.717) is 115 Å². The maximum absolute atomic E-state index is 12.8. The van der Waals surface area contributed by atoms with E-state index in [0.717, 1.165) is 29.4 Å². The highest BCUT2D eigenvalue weighted by Gasteiger charge is 2.28. The van der Waals surface area contributed by atoms with Crippen molar-refractivity contribution in [3.63, 3.8) is 0 Å². The zero-order valence-electron chi connectivity index (χ0n) is 26.4. The number of carbonyl (C=O) groups excluding carboxylic acids is 1. The van der Waals surface area contributed by atoms with Crippen LogP contribution < -0.4 is 5.73 Å². The number of piperidine rings is 1. The number of amides is 1. The van der Waals surface area contributed by atoms with E-state index in [-0.39, 0.29) is 11.9 Å². The number of carbonyl (C=O) groups is 1. The average Bonchev–Trinajstić information content (AvgIpc) is 3.71. The van der Waals surface area contributed by atoms with Crippen LogP contribution in [0.5, 0.6) is 0 Å². The van der Waals surface area contributed by atoms with Gasteiger partial charge >= 0.3 is 0 Å². The zero-order chi connectivity index (χ0) is 32.0. The summed E-state index contributed by atoms with van der Waals surface area (Å²) in [6.07, 6.45) is 6.95. The predicted octanol–water partition coefficient (Wildman–Crippen LogP) is 2.23. The van der Waals surface area contributed by atoms with Crippen molar-refractivity contribution in [2.24, 2.45) is 0 Å². The molecule has 1 saturated heterocycles. The Morgan fingerprint density at radius 1 is 0.891 bits per heavy atom. The molecule has 15 heteroatoms. The number of methoxy groups -OCH3 is 1. The largest absolute Gasteiger partial charge is 0.383 e. The Morgan fingerprint density at radius 2 is 1.52 bits per heavy atom. The molecule has 0 radical (unpaired) electrons. The molecule has 0 aliphatic carbocycles. The molecule has 1 aliphatic rings. The van der Waals surface area contributed by atoms with E-state index in [4.69, 9.17) is 39.3 Å². The van der Waals surface area contributed by atoms with E-state index in [1.54, 1.807) is 13.3 Å². The fourth-order valence-corrected chi connectivity index (χ4v) is 5.32. The highest BCUT2D eigenvalue weighted by atomic mass is 16.6. The van der Waals surface area contributed by atoms with Crippen molar-refractivity contribution in [1.82, 2.24) is 34.6 Å². The lowest BCUT2D eigenvalue weighted by Gasteiger charge is -2.32. The molecule has 1 fully saturated rings. The third-order valence-corrected chi connectivity index (χ3v) is 7.73. The second-order valence-corrected chi connectivity index (χ2v) is 10.8. The standard InChI is InChI=1S/C31H44N8O7/c1-41-10-11-43-14-15-45-18-19-46-17-16-44-13-12-42-9-5-26(40)38-7-3-25(4-8-38)39-31-27(29(32)35-22-36-31)28(37-39)24-20-23-2-6-33-30(23)34-21-24/h2,6,20-22,25H,3-5,7-19H2,1H3,(H,33,34)(H2,32,35,36). The van der Waals surface area contributed by atoms with Crippen molar-refractivity contribution >= 4 is 33.8 Å². The topological polar surface area (TPSA) is 174 Å². The Morgan fingerprint density at radius 3 is 2.17 bits per heavy atom. The van der Waals surface area contributed by atoms with E-state index in [1.807, 2.05) is 27.9 Å². The molecule has 0 bridgehead atoms. The maximum Gasteiger partial charge on any atom is 0.224 e. The molecule has 4 aromatic rings. The van der Waals surface area contributed by atoms with Gasteiger partial charge < -0.3 is 44.0 Å². The SMILES string of the molecule is COCCOCCOCCOCCOCCOCCC(=O)N1CCC(n2nc(-c3cnc4[nH]ccc4c3)c3c(N)ncnc32)CC1. The van der Waals surface area contributed by atoms with Crippen molar-refractivity contribution in [1.29, 1.82) is 0 Å². The number of nitrogens with one attached hydrogen (secondary N) is 1. The summed E-state index contributed by atoms with van der Waals surface area (Å²) in [5, 5.41) is 6.66. The van der Waals surface area contributed by atoms with Gasteiger partial charge in [-0.2, -0.15) is 5.10 Å². The number of aromatic amines is 1. The molecular formula is C31H44N8O7. The molecule has 0 atom stereocenters. The number of hydrogen-bond acceptors (Lipinski definition) is 12. The lowest BCUT2D eigenvalue weighted by molar-refractivity contribution is -0.133. The molecule has 5 rings (SSSR count). The Labute approximate surface area is 267 Å². The number of nitrogens with zero attached hydrogens (tertiary/aromatic N) is 6. The number of ether oxygens (including phenoxy) is 6. The Hall–Kier alpha value is -3.73. The third-order valence-electron chi connectivity index (χ3n) is 7.73. The van der Waals surface area contributed by atoms with Gasteiger partial charge in [0.1, 0.15) is 23.5 Å². The minimum Gasteiger partial charge on any atom is -0.383 e. The molecule has 1 amide bonds. The van der Waals surface area contributed by atoms with Crippen LogP contribution in [0.4, 0.5) is 5.82 Å². The van der Waals surface area contributed by atoms with Crippen LogP contribution in [0.2, 0.25) is 0 Å². The normalized spacial score (nSPS) is 14.2. The van der Waals surface area contributed by atoms with Crippen molar-refractivity contribution in [3.05, 3.63) is 30.9 Å². The maximum atomic E-state index is 12.8. The number of hydrogen-bond donors (Lipinski definition) is 2.